The van der Waals surface area contributed by atoms with E-state index in [1.165, 1.54) is 6.42 Å². The molecule has 1 fully saturated rings. The van der Waals surface area contributed by atoms with E-state index in [-0.39, 0.29) is 17.9 Å². The normalized spacial score (nSPS) is 14.4. The highest BCUT2D eigenvalue weighted by atomic mass is 16.2. The minimum Gasteiger partial charge on any atom is -0.339 e. The summed E-state index contributed by atoms with van der Waals surface area (Å²) >= 11 is 0. The molecule has 8 nitrogen and oxygen atoms in total. The first-order valence-electron chi connectivity index (χ1n) is 11.0. The van der Waals surface area contributed by atoms with Crippen molar-refractivity contribution in [2.45, 2.75) is 59.0 Å². The maximum Gasteiger partial charge on any atom is 0.253 e. The van der Waals surface area contributed by atoms with Crippen LogP contribution in [0.15, 0.2) is 30.5 Å². The molecule has 0 atom stereocenters. The zero-order chi connectivity index (χ0) is 22.0. The van der Waals surface area contributed by atoms with Gasteiger partial charge in [0.15, 0.2) is 0 Å². The van der Waals surface area contributed by atoms with Crippen LogP contribution in [0.4, 0.5) is 5.69 Å². The number of amides is 2. The quantitative estimate of drug-likeness (QED) is 0.655. The number of aromatic nitrogens is 4. The SMILES string of the molecule is Cc1nn(C(C)C)c2cnn(CCC(=O)Nc3ccc(C(=O)N4CCCCC4)cc3)c12. The van der Waals surface area contributed by atoms with Gasteiger partial charge in [-0.15, -0.1) is 0 Å². The van der Waals surface area contributed by atoms with Crippen LogP contribution in [-0.4, -0.2) is 49.4 Å². The summed E-state index contributed by atoms with van der Waals surface area (Å²) < 4.78 is 3.80. The molecule has 31 heavy (non-hydrogen) atoms. The number of hydrogen-bond acceptors (Lipinski definition) is 4. The third-order valence-corrected chi connectivity index (χ3v) is 5.77. The zero-order valence-corrected chi connectivity index (χ0v) is 18.5. The summed E-state index contributed by atoms with van der Waals surface area (Å²) in [4.78, 5) is 26.9. The van der Waals surface area contributed by atoms with Gasteiger partial charge in [0, 0.05) is 36.8 Å². The van der Waals surface area contributed by atoms with Crippen LogP contribution in [0.1, 0.15) is 61.6 Å². The fourth-order valence-corrected chi connectivity index (χ4v) is 4.15. The second-order valence-corrected chi connectivity index (χ2v) is 8.45. The summed E-state index contributed by atoms with van der Waals surface area (Å²) in [5.41, 5.74) is 4.23. The minimum absolute atomic E-state index is 0.0672. The summed E-state index contributed by atoms with van der Waals surface area (Å²) in [5.74, 6) is -0.0229. The van der Waals surface area contributed by atoms with Gasteiger partial charge < -0.3 is 10.2 Å². The van der Waals surface area contributed by atoms with Crippen LogP contribution in [0.3, 0.4) is 0 Å². The molecular weight excluding hydrogens is 392 g/mol. The van der Waals surface area contributed by atoms with Crippen molar-refractivity contribution in [3.8, 4) is 0 Å². The lowest BCUT2D eigenvalue weighted by Crippen LogP contribution is -2.35. The number of aryl methyl sites for hydroxylation is 2. The molecule has 0 bridgehead atoms. The van der Waals surface area contributed by atoms with Crippen molar-refractivity contribution in [1.82, 2.24) is 24.5 Å². The second kappa shape index (κ2) is 8.91. The van der Waals surface area contributed by atoms with Gasteiger partial charge >= 0.3 is 0 Å². The third kappa shape index (κ3) is 4.47. The highest BCUT2D eigenvalue weighted by Crippen LogP contribution is 2.21. The maximum atomic E-state index is 12.6. The number of nitrogens with one attached hydrogen (secondary N) is 1. The van der Waals surface area contributed by atoms with E-state index in [4.69, 9.17) is 0 Å². The summed E-state index contributed by atoms with van der Waals surface area (Å²) in [6.07, 6.45) is 5.45. The summed E-state index contributed by atoms with van der Waals surface area (Å²) in [7, 11) is 0. The molecule has 0 unspecified atom stereocenters. The molecular formula is C23H30N6O2. The van der Waals surface area contributed by atoms with E-state index in [1.54, 1.807) is 24.3 Å². The Morgan fingerprint density at radius 2 is 1.81 bits per heavy atom. The number of fused-ring (bicyclic) bond motifs is 1. The molecule has 2 amide bonds. The molecule has 0 radical (unpaired) electrons. The van der Waals surface area contributed by atoms with Crippen molar-refractivity contribution < 1.29 is 9.59 Å². The average molecular weight is 423 g/mol. The fraction of sp³-hybridized carbons (Fsp3) is 0.478. The van der Waals surface area contributed by atoms with Gasteiger partial charge in [-0.1, -0.05) is 0 Å². The molecule has 2 aromatic heterocycles. The van der Waals surface area contributed by atoms with Gasteiger partial charge in [0.05, 0.1) is 18.4 Å². The average Bonchev–Trinajstić information content (AvgIpc) is 3.34. The number of piperidine rings is 1. The molecule has 1 aromatic carbocycles. The van der Waals surface area contributed by atoms with E-state index in [2.05, 4.69) is 29.4 Å². The summed E-state index contributed by atoms with van der Waals surface area (Å²) in [5, 5.41) is 11.9. The van der Waals surface area contributed by atoms with Gasteiger partial charge in [-0.05, 0) is 64.3 Å². The largest absolute Gasteiger partial charge is 0.339 e. The van der Waals surface area contributed by atoms with Crippen LogP contribution >= 0.6 is 0 Å². The first-order chi connectivity index (χ1) is 14.9. The first kappa shape index (κ1) is 21.1. The standard InChI is InChI=1S/C23H30N6O2/c1-16(2)29-20-15-24-28(22(20)17(3)26-29)14-11-21(30)25-19-9-7-18(8-10-19)23(31)27-12-5-4-6-13-27/h7-10,15-16H,4-6,11-14H2,1-3H3,(H,25,30). The number of carbonyl (C=O) groups is 2. The van der Waals surface area contributed by atoms with E-state index in [0.29, 0.717) is 24.2 Å². The van der Waals surface area contributed by atoms with E-state index in [9.17, 15) is 9.59 Å². The Morgan fingerprint density at radius 3 is 2.48 bits per heavy atom. The van der Waals surface area contributed by atoms with Crippen LogP contribution in [0.2, 0.25) is 0 Å². The lowest BCUT2D eigenvalue weighted by molar-refractivity contribution is -0.116. The van der Waals surface area contributed by atoms with Crippen LogP contribution in [0.25, 0.3) is 11.0 Å². The molecule has 3 aromatic rings. The van der Waals surface area contributed by atoms with Crippen LogP contribution in [-0.2, 0) is 11.3 Å². The summed E-state index contributed by atoms with van der Waals surface area (Å²) in [6, 6.07) is 7.40. The topological polar surface area (TPSA) is 85.0 Å². The number of benzene rings is 1. The number of nitrogens with zero attached hydrogens (tertiary/aromatic N) is 5. The van der Waals surface area contributed by atoms with E-state index in [1.807, 2.05) is 27.4 Å². The van der Waals surface area contributed by atoms with Crippen LogP contribution in [0.5, 0.6) is 0 Å². The van der Waals surface area contributed by atoms with Crippen molar-refractivity contribution in [3.05, 3.63) is 41.7 Å². The third-order valence-electron chi connectivity index (χ3n) is 5.77. The highest BCUT2D eigenvalue weighted by molar-refractivity contribution is 5.96. The molecule has 3 heterocycles. The number of anilines is 1. The zero-order valence-electron chi connectivity index (χ0n) is 18.5. The molecule has 1 saturated heterocycles. The number of hydrogen-bond donors (Lipinski definition) is 1. The van der Waals surface area contributed by atoms with Gasteiger partial charge in [0.1, 0.15) is 11.0 Å². The number of likely N-dealkylation sites (tertiary alicyclic amines) is 1. The number of carbonyl (C=O) groups excluding carboxylic acids is 2. The van der Waals surface area contributed by atoms with Crippen molar-refractivity contribution in [2.75, 3.05) is 18.4 Å². The Kier molecular flexibility index (Phi) is 6.06. The van der Waals surface area contributed by atoms with Gasteiger partial charge in [-0.25, -0.2) is 0 Å². The molecule has 0 saturated carbocycles. The lowest BCUT2D eigenvalue weighted by atomic mass is 10.1. The predicted octanol–water partition coefficient (Wildman–Crippen LogP) is 3.78. The molecule has 4 rings (SSSR count). The monoisotopic (exact) mass is 422 g/mol. The molecule has 0 spiro atoms. The predicted molar refractivity (Wildman–Crippen MR) is 120 cm³/mol. The van der Waals surface area contributed by atoms with Crippen LogP contribution < -0.4 is 5.32 Å². The smallest absolute Gasteiger partial charge is 0.253 e. The Labute approximate surface area is 182 Å². The molecule has 1 N–H and O–H groups in total. The van der Waals surface area contributed by atoms with Gasteiger partial charge in [-0.3, -0.25) is 19.0 Å². The van der Waals surface area contributed by atoms with Crippen molar-refractivity contribution in [3.63, 3.8) is 0 Å². The summed E-state index contributed by atoms with van der Waals surface area (Å²) in [6.45, 7) is 8.27. The van der Waals surface area contributed by atoms with Gasteiger partial charge in [0.2, 0.25) is 5.91 Å². The fourth-order valence-electron chi connectivity index (χ4n) is 4.15. The van der Waals surface area contributed by atoms with Crippen LogP contribution in [0, 0.1) is 6.92 Å². The minimum atomic E-state index is -0.0901. The van der Waals surface area contributed by atoms with E-state index >= 15 is 0 Å². The number of rotatable bonds is 6. The molecule has 1 aliphatic rings. The van der Waals surface area contributed by atoms with Gasteiger partial charge in [0.25, 0.3) is 5.91 Å². The van der Waals surface area contributed by atoms with Crippen molar-refractivity contribution in [1.29, 1.82) is 0 Å². The Balaban J connectivity index is 1.35. The highest BCUT2D eigenvalue weighted by Gasteiger charge is 2.18. The Morgan fingerprint density at radius 1 is 1.10 bits per heavy atom. The first-order valence-corrected chi connectivity index (χ1v) is 11.0. The molecule has 0 aliphatic carbocycles. The lowest BCUT2D eigenvalue weighted by Gasteiger charge is -2.26. The van der Waals surface area contributed by atoms with Crippen molar-refractivity contribution in [2.24, 2.45) is 0 Å². The van der Waals surface area contributed by atoms with E-state index < -0.39 is 0 Å². The van der Waals surface area contributed by atoms with Crippen molar-refractivity contribution >= 4 is 28.5 Å². The molecule has 8 heteroatoms. The van der Waals surface area contributed by atoms with Gasteiger partial charge in [-0.2, -0.15) is 10.2 Å². The molecule has 164 valence electrons. The molecule has 1 aliphatic heterocycles. The Hall–Kier alpha value is -3.16. The second-order valence-electron chi connectivity index (χ2n) is 8.45. The maximum absolute atomic E-state index is 12.6. The van der Waals surface area contributed by atoms with E-state index in [0.717, 1.165) is 42.7 Å². The Bertz CT molecular complexity index is 1070.